The summed E-state index contributed by atoms with van der Waals surface area (Å²) in [5.74, 6) is 0. The van der Waals surface area contributed by atoms with Crippen LogP contribution >= 0.6 is 11.3 Å². The number of aryl methyl sites for hydroxylation is 1. The Kier molecular flexibility index (Phi) is 2.38. The Bertz CT molecular complexity index is 659. The van der Waals surface area contributed by atoms with Gasteiger partial charge in [-0.05, 0) is 19.1 Å². The number of pyridine rings is 1. The van der Waals surface area contributed by atoms with Crippen molar-refractivity contribution in [3.05, 3.63) is 35.2 Å². The Hall–Kier alpha value is -1.79. The molecule has 3 heterocycles. The van der Waals surface area contributed by atoms with Crippen molar-refractivity contribution in [3.8, 4) is 11.3 Å². The zero-order valence-corrected chi connectivity index (χ0v) is 9.98. The van der Waals surface area contributed by atoms with Gasteiger partial charge in [-0.3, -0.25) is 4.98 Å². The monoisotopic (exact) mass is 246 g/mol. The van der Waals surface area contributed by atoms with Crippen LogP contribution in [0.5, 0.6) is 0 Å². The van der Waals surface area contributed by atoms with Crippen LogP contribution in [0.25, 0.3) is 16.2 Å². The topological polar surface area (TPSA) is 63.3 Å². The summed E-state index contributed by atoms with van der Waals surface area (Å²) in [5, 5.41) is 14.7. The molecule has 0 unspecified atom stereocenters. The van der Waals surface area contributed by atoms with E-state index >= 15 is 0 Å². The van der Waals surface area contributed by atoms with E-state index in [1.807, 2.05) is 19.1 Å². The van der Waals surface area contributed by atoms with Gasteiger partial charge < -0.3 is 5.11 Å². The lowest BCUT2D eigenvalue weighted by Gasteiger charge is -1.99. The van der Waals surface area contributed by atoms with Crippen molar-refractivity contribution in [2.24, 2.45) is 0 Å². The first-order chi connectivity index (χ1) is 8.29. The van der Waals surface area contributed by atoms with Crippen molar-refractivity contribution in [2.75, 3.05) is 0 Å². The maximum absolute atomic E-state index is 9.46. The lowest BCUT2D eigenvalue weighted by molar-refractivity contribution is 0.275. The molecule has 0 aliphatic rings. The summed E-state index contributed by atoms with van der Waals surface area (Å²) in [6.45, 7) is 1.84. The van der Waals surface area contributed by atoms with Gasteiger partial charge in [-0.15, -0.1) is 0 Å². The third kappa shape index (κ3) is 1.62. The van der Waals surface area contributed by atoms with Crippen molar-refractivity contribution in [1.29, 1.82) is 0 Å². The minimum absolute atomic E-state index is 0.0814. The molecular weight excluding hydrogens is 236 g/mol. The molecule has 0 amide bonds. The van der Waals surface area contributed by atoms with E-state index in [2.05, 4.69) is 15.1 Å². The number of hydrogen-bond donors (Lipinski definition) is 1. The van der Waals surface area contributed by atoms with E-state index in [4.69, 9.17) is 0 Å². The standard InChI is InChI=1S/C11H10N4OS/c1-7-14-15-9(6-16)10(13-11(15)17-7)8-2-4-12-5-3-8/h2-5,16H,6H2,1H3. The molecule has 0 saturated heterocycles. The maximum atomic E-state index is 9.46. The molecular formula is C11H10N4OS. The number of rotatable bonds is 2. The lowest BCUT2D eigenvalue weighted by atomic mass is 10.1. The molecule has 0 saturated carbocycles. The first-order valence-electron chi connectivity index (χ1n) is 5.16. The van der Waals surface area contributed by atoms with Crippen LogP contribution in [0.15, 0.2) is 24.5 Å². The Morgan fingerprint density at radius 2 is 2.12 bits per heavy atom. The predicted octanol–water partition coefficient (Wildman–Crippen LogP) is 1.65. The highest BCUT2D eigenvalue weighted by molar-refractivity contribution is 7.16. The second-order valence-corrected chi connectivity index (χ2v) is 4.78. The second kappa shape index (κ2) is 3.90. The molecule has 0 radical (unpaired) electrons. The number of aliphatic hydroxyl groups excluding tert-OH is 1. The molecule has 1 N–H and O–H groups in total. The van der Waals surface area contributed by atoms with Crippen molar-refractivity contribution in [2.45, 2.75) is 13.5 Å². The van der Waals surface area contributed by atoms with Crippen LogP contribution < -0.4 is 0 Å². The van der Waals surface area contributed by atoms with Gasteiger partial charge in [0.2, 0.25) is 4.96 Å². The molecule has 0 atom stereocenters. The van der Waals surface area contributed by atoms with Crippen LogP contribution in [0.4, 0.5) is 0 Å². The van der Waals surface area contributed by atoms with Crippen LogP contribution in [0, 0.1) is 6.92 Å². The van der Waals surface area contributed by atoms with E-state index < -0.39 is 0 Å². The van der Waals surface area contributed by atoms with Gasteiger partial charge in [0.25, 0.3) is 0 Å². The Balaban J connectivity index is 2.26. The minimum atomic E-state index is -0.0814. The third-order valence-electron chi connectivity index (χ3n) is 2.50. The third-order valence-corrected chi connectivity index (χ3v) is 3.32. The van der Waals surface area contributed by atoms with Crippen molar-refractivity contribution < 1.29 is 5.11 Å². The van der Waals surface area contributed by atoms with Crippen molar-refractivity contribution in [3.63, 3.8) is 0 Å². The molecule has 3 aromatic rings. The van der Waals surface area contributed by atoms with Gasteiger partial charge in [0.05, 0.1) is 18.0 Å². The van der Waals surface area contributed by atoms with E-state index in [1.54, 1.807) is 16.9 Å². The summed E-state index contributed by atoms with van der Waals surface area (Å²) in [4.78, 5) is 9.28. The van der Waals surface area contributed by atoms with Crippen LogP contribution in [-0.2, 0) is 6.61 Å². The van der Waals surface area contributed by atoms with E-state index in [9.17, 15) is 5.11 Å². The second-order valence-electron chi connectivity index (χ2n) is 3.62. The molecule has 0 aromatic carbocycles. The highest BCUT2D eigenvalue weighted by Crippen LogP contribution is 2.26. The molecule has 17 heavy (non-hydrogen) atoms. The summed E-state index contributed by atoms with van der Waals surface area (Å²) >= 11 is 1.51. The summed E-state index contributed by atoms with van der Waals surface area (Å²) < 4.78 is 1.70. The van der Waals surface area contributed by atoms with Gasteiger partial charge in [-0.1, -0.05) is 11.3 Å². The first kappa shape index (κ1) is 10.4. The molecule has 86 valence electrons. The van der Waals surface area contributed by atoms with E-state index in [0.717, 1.165) is 26.9 Å². The molecule has 3 aromatic heterocycles. The zero-order valence-electron chi connectivity index (χ0n) is 9.16. The summed E-state index contributed by atoms with van der Waals surface area (Å²) in [5.41, 5.74) is 2.43. The largest absolute Gasteiger partial charge is 0.390 e. The van der Waals surface area contributed by atoms with Gasteiger partial charge in [0, 0.05) is 18.0 Å². The summed E-state index contributed by atoms with van der Waals surface area (Å²) in [6.07, 6.45) is 3.42. The number of fused-ring (bicyclic) bond motifs is 1. The Morgan fingerprint density at radius 3 is 2.82 bits per heavy atom. The van der Waals surface area contributed by atoms with Crippen LogP contribution in [-0.4, -0.2) is 24.7 Å². The van der Waals surface area contributed by atoms with Crippen LogP contribution in [0.1, 0.15) is 10.7 Å². The highest BCUT2D eigenvalue weighted by atomic mass is 32.1. The van der Waals surface area contributed by atoms with Gasteiger partial charge in [-0.2, -0.15) is 5.10 Å². The predicted molar refractivity (Wildman–Crippen MR) is 64.8 cm³/mol. The fourth-order valence-electron chi connectivity index (χ4n) is 1.77. The van der Waals surface area contributed by atoms with Crippen molar-refractivity contribution in [1.82, 2.24) is 19.6 Å². The average Bonchev–Trinajstić information content (AvgIpc) is 2.85. The molecule has 0 fully saturated rings. The molecule has 0 spiro atoms. The zero-order chi connectivity index (χ0) is 11.8. The van der Waals surface area contributed by atoms with Crippen molar-refractivity contribution >= 4 is 16.3 Å². The Labute approximate surface area is 101 Å². The normalized spacial score (nSPS) is 11.2. The summed E-state index contributed by atoms with van der Waals surface area (Å²) in [7, 11) is 0. The SMILES string of the molecule is Cc1nn2c(CO)c(-c3ccncc3)nc2s1. The quantitative estimate of drug-likeness (QED) is 0.746. The summed E-state index contributed by atoms with van der Waals surface area (Å²) in [6, 6.07) is 3.75. The van der Waals surface area contributed by atoms with Crippen LogP contribution in [0.3, 0.4) is 0 Å². The fraction of sp³-hybridized carbons (Fsp3) is 0.182. The minimum Gasteiger partial charge on any atom is -0.390 e. The fourth-order valence-corrected chi connectivity index (χ4v) is 2.53. The molecule has 5 nitrogen and oxygen atoms in total. The average molecular weight is 246 g/mol. The van der Waals surface area contributed by atoms with Gasteiger partial charge in [0.1, 0.15) is 5.01 Å². The molecule has 6 heteroatoms. The number of imidazole rings is 1. The number of nitrogens with zero attached hydrogens (tertiary/aromatic N) is 4. The molecule has 0 aliphatic carbocycles. The molecule has 0 aliphatic heterocycles. The van der Waals surface area contributed by atoms with E-state index in [0.29, 0.717) is 0 Å². The first-order valence-corrected chi connectivity index (χ1v) is 5.97. The molecule has 0 bridgehead atoms. The molecule has 3 rings (SSSR count). The lowest BCUT2D eigenvalue weighted by Crippen LogP contribution is -1.95. The van der Waals surface area contributed by atoms with E-state index in [1.165, 1.54) is 11.3 Å². The number of aliphatic hydroxyl groups is 1. The Morgan fingerprint density at radius 1 is 1.35 bits per heavy atom. The van der Waals surface area contributed by atoms with Crippen LogP contribution in [0.2, 0.25) is 0 Å². The van der Waals surface area contributed by atoms with Gasteiger partial charge >= 0.3 is 0 Å². The number of aromatic nitrogens is 4. The van der Waals surface area contributed by atoms with E-state index in [-0.39, 0.29) is 6.61 Å². The maximum Gasteiger partial charge on any atom is 0.213 e. The van der Waals surface area contributed by atoms with Gasteiger partial charge in [-0.25, -0.2) is 9.50 Å². The smallest absolute Gasteiger partial charge is 0.213 e. The van der Waals surface area contributed by atoms with Gasteiger partial charge in [0.15, 0.2) is 0 Å². The highest BCUT2D eigenvalue weighted by Gasteiger charge is 2.15. The number of hydrogen-bond acceptors (Lipinski definition) is 5.